The second-order valence-corrected chi connectivity index (χ2v) is 4.28. The lowest BCUT2D eigenvalue weighted by Gasteiger charge is -2.05. The maximum atomic E-state index is 11.8. The van der Waals surface area contributed by atoms with Gasteiger partial charge in [-0.05, 0) is 35.9 Å². The van der Waals surface area contributed by atoms with Crippen molar-refractivity contribution in [3.05, 3.63) is 60.2 Å². The Balaban J connectivity index is 2.00. The van der Waals surface area contributed by atoms with Gasteiger partial charge >= 0.3 is 0 Å². The fourth-order valence-corrected chi connectivity index (χ4v) is 1.72. The zero-order valence-corrected chi connectivity index (χ0v) is 11.3. The molecule has 0 spiro atoms. The van der Waals surface area contributed by atoms with Crippen molar-refractivity contribution in [1.82, 2.24) is 0 Å². The molecule has 0 saturated carbocycles. The Morgan fingerprint density at radius 3 is 2.45 bits per heavy atom. The van der Waals surface area contributed by atoms with E-state index >= 15 is 0 Å². The third-order valence-corrected chi connectivity index (χ3v) is 2.85. The number of nitrogens with two attached hydrogens (primary N) is 1. The number of amides is 1. The highest BCUT2D eigenvalue weighted by Crippen LogP contribution is 2.16. The van der Waals surface area contributed by atoms with Crippen LogP contribution in [0, 0.1) is 0 Å². The summed E-state index contributed by atoms with van der Waals surface area (Å²) in [6.07, 6.45) is 3.24. The maximum absolute atomic E-state index is 11.8. The quantitative estimate of drug-likeness (QED) is 0.589. The molecule has 4 heteroatoms. The molecule has 0 aliphatic carbocycles. The van der Waals surface area contributed by atoms with E-state index in [1.165, 1.54) is 6.08 Å². The molecule has 102 valence electrons. The van der Waals surface area contributed by atoms with Gasteiger partial charge < -0.3 is 16.4 Å². The Hall–Kier alpha value is -2.75. The number of rotatable bonds is 4. The Bertz CT molecular complexity index is 618. The first kappa shape index (κ1) is 13.7. The van der Waals surface area contributed by atoms with Crippen LogP contribution >= 0.6 is 0 Å². The van der Waals surface area contributed by atoms with Crippen LogP contribution in [0.5, 0.6) is 0 Å². The van der Waals surface area contributed by atoms with Crippen molar-refractivity contribution in [2.24, 2.45) is 0 Å². The van der Waals surface area contributed by atoms with Crippen molar-refractivity contribution in [3.63, 3.8) is 0 Å². The van der Waals surface area contributed by atoms with Crippen molar-refractivity contribution in [3.8, 4) is 0 Å². The van der Waals surface area contributed by atoms with Crippen LogP contribution in [-0.4, -0.2) is 13.0 Å². The predicted molar refractivity (Wildman–Crippen MR) is 84.5 cm³/mol. The monoisotopic (exact) mass is 267 g/mol. The van der Waals surface area contributed by atoms with E-state index in [-0.39, 0.29) is 5.91 Å². The van der Waals surface area contributed by atoms with Gasteiger partial charge in [0.2, 0.25) is 5.91 Å². The third kappa shape index (κ3) is 3.62. The molecule has 0 atom stereocenters. The van der Waals surface area contributed by atoms with E-state index in [1.807, 2.05) is 43.4 Å². The summed E-state index contributed by atoms with van der Waals surface area (Å²) in [4.78, 5) is 11.8. The van der Waals surface area contributed by atoms with Crippen LogP contribution in [0.4, 0.5) is 17.1 Å². The Kier molecular flexibility index (Phi) is 4.39. The summed E-state index contributed by atoms with van der Waals surface area (Å²) < 4.78 is 0. The van der Waals surface area contributed by atoms with E-state index in [9.17, 15) is 4.79 Å². The summed E-state index contributed by atoms with van der Waals surface area (Å²) >= 11 is 0. The van der Waals surface area contributed by atoms with Crippen LogP contribution in [0.15, 0.2) is 54.6 Å². The molecule has 20 heavy (non-hydrogen) atoms. The summed E-state index contributed by atoms with van der Waals surface area (Å²) in [5.74, 6) is -0.208. The van der Waals surface area contributed by atoms with E-state index < -0.39 is 0 Å². The molecule has 0 unspecified atom stereocenters. The highest BCUT2D eigenvalue weighted by Gasteiger charge is 2.00. The number of nitrogen functional groups attached to an aromatic ring is 1. The number of carbonyl (C=O) groups is 1. The number of benzene rings is 2. The number of carbonyl (C=O) groups excluding carboxylic acids is 1. The molecule has 2 aromatic rings. The molecule has 0 aromatic heterocycles. The fourth-order valence-electron chi connectivity index (χ4n) is 1.72. The number of para-hydroxylation sites is 2. The van der Waals surface area contributed by atoms with Gasteiger partial charge in [-0.15, -0.1) is 0 Å². The fraction of sp³-hybridized carbons (Fsp3) is 0.0625. The molecule has 4 nitrogen and oxygen atoms in total. The van der Waals surface area contributed by atoms with Gasteiger partial charge in [0.25, 0.3) is 0 Å². The molecular weight excluding hydrogens is 250 g/mol. The van der Waals surface area contributed by atoms with Gasteiger partial charge in [0, 0.05) is 18.8 Å². The SMILES string of the molecule is CNc1ccc(/C=C/C(=O)Nc2ccccc2N)cc1. The first-order valence-electron chi connectivity index (χ1n) is 6.30. The number of nitrogens with one attached hydrogen (secondary N) is 2. The third-order valence-electron chi connectivity index (χ3n) is 2.85. The van der Waals surface area contributed by atoms with Gasteiger partial charge in [-0.1, -0.05) is 24.3 Å². The highest BCUT2D eigenvalue weighted by atomic mass is 16.1. The van der Waals surface area contributed by atoms with Gasteiger partial charge in [-0.2, -0.15) is 0 Å². The van der Waals surface area contributed by atoms with Crippen molar-refractivity contribution in [2.45, 2.75) is 0 Å². The first-order valence-corrected chi connectivity index (χ1v) is 6.30. The molecule has 2 rings (SSSR count). The minimum atomic E-state index is -0.208. The van der Waals surface area contributed by atoms with Gasteiger partial charge in [0.05, 0.1) is 11.4 Å². The standard InChI is InChI=1S/C16H17N3O/c1-18-13-9-6-12(7-10-13)8-11-16(20)19-15-5-3-2-4-14(15)17/h2-11,18H,17H2,1H3,(H,19,20)/b11-8+. The van der Waals surface area contributed by atoms with Crippen molar-refractivity contribution in [2.75, 3.05) is 23.4 Å². The lowest BCUT2D eigenvalue weighted by molar-refractivity contribution is -0.111. The van der Waals surface area contributed by atoms with Crippen molar-refractivity contribution in [1.29, 1.82) is 0 Å². The molecule has 0 aliphatic rings. The first-order chi connectivity index (χ1) is 9.69. The molecule has 2 aromatic carbocycles. The van der Waals surface area contributed by atoms with E-state index in [0.29, 0.717) is 11.4 Å². The summed E-state index contributed by atoms with van der Waals surface area (Å²) in [7, 11) is 1.86. The van der Waals surface area contributed by atoms with E-state index in [2.05, 4.69) is 10.6 Å². The average Bonchev–Trinajstić information content (AvgIpc) is 2.48. The van der Waals surface area contributed by atoms with Crippen molar-refractivity contribution >= 4 is 29.0 Å². The molecule has 0 radical (unpaired) electrons. The minimum Gasteiger partial charge on any atom is -0.397 e. The summed E-state index contributed by atoms with van der Waals surface area (Å²) in [5.41, 5.74) is 8.92. The summed E-state index contributed by atoms with van der Waals surface area (Å²) in [6, 6.07) is 14.9. The van der Waals surface area contributed by atoms with Crippen LogP contribution in [0.25, 0.3) is 6.08 Å². The second kappa shape index (κ2) is 6.43. The Labute approximate surface area is 118 Å². The van der Waals surface area contributed by atoms with Gasteiger partial charge in [0.15, 0.2) is 0 Å². The maximum Gasteiger partial charge on any atom is 0.248 e. The van der Waals surface area contributed by atoms with Crippen LogP contribution in [-0.2, 0) is 4.79 Å². The zero-order valence-electron chi connectivity index (χ0n) is 11.3. The van der Waals surface area contributed by atoms with Gasteiger partial charge in [-0.3, -0.25) is 4.79 Å². The molecule has 1 amide bonds. The van der Waals surface area contributed by atoms with Crippen molar-refractivity contribution < 1.29 is 4.79 Å². The molecule has 0 heterocycles. The van der Waals surface area contributed by atoms with E-state index in [1.54, 1.807) is 18.2 Å². The summed E-state index contributed by atoms with van der Waals surface area (Å²) in [5, 5.41) is 5.78. The Morgan fingerprint density at radius 2 is 1.80 bits per heavy atom. The van der Waals surface area contributed by atoms with Crippen LogP contribution in [0.3, 0.4) is 0 Å². The normalized spacial score (nSPS) is 10.4. The topological polar surface area (TPSA) is 67.2 Å². The Morgan fingerprint density at radius 1 is 1.10 bits per heavy atom. The lowest BCUT2D eigenvalue weighted by atomic mass is 10.2. The van der Waals surface area contributed by atoms with Gasteiger partial charge in [-0.25, -0.2) is 0 Å². The predicted octanol–water partition coefficient (Wildman–Crippen LogP) is 2.96. The molecular formula is C16H17N3O. The molecule has 0 bridgehead atoms. The molecule has 0 fully saturated rings. The second-order valence-electron chi connectivity index (χ2n) is 4.28. The number of hydrogen-bond donors (Lipinski definition) is 3. The average molecular weight is 267 g/mol. The minimum absolute atomic E-state index is 0.208. The number of anilines is 3. The number of hydrogen-bond acceptors (Lipinski definition) is 3. The summed E-state index contributed by atoms with van der Waals surface area (Å²) in [6.45, 7) is 0. The molecule has 4 N–H and O–H groups in total. The van der Waals surface area contributed by atoms with Gasteiger partial charge in [0.1, 0.15) is 0 Å². The highest BCUT2D eigenvalue weighted by molar-refractivity contribution is 6.03. The van der Waals surface area contributed by atoms with Crippen LogP contribution in [0.1, 0.15) is 5.56 Å². The largest absolute Gasteiger partial charge is 0.397 e. The van der Waals surface area contributed by atoms with E-state index in [0.717, 1.165) is 11.3 Å². The lowest BCUT2D eigenvalue weighted by Crippen LogP contribution is -2.09. The van der Waals surface area contributed by atoms with Crippen LogP contribution < -0.4 is 16.4 Å². The molecule has 0 aliphatic heterocycles. The zero-order chi connectivity index (χ0) is 14.4. The van der Waals surface area contributed by atoms with Crippen LogP contribution in [0.2, 0.25) is 0 Å². The molecule has 0 saturated heterocycles. The van der Waals surface area contributed by atoms with E-state index in [4.69, 9.17) is 5.73 Å². The smallest absolute Gasteiger partial charge is 0.248 e.